The van der Waals surface area contributed by atoms with E-state index in [1.54, 1.807) is 11.8 Å². The summed E-state index contributed by atoms with van der Waals surface area (Å²) in [5.41, 5.74) is 12.2. The lowest BCUT2D eigenvalue weighted by atomic mass is 9.37. The van der Waals surface area contributed by atoms with Gasteiger partial charge in [0, 0.05) is 47.7 Å². The number of hydrogen-bond acceptors (Lipinski definition) is 5. The molecule has 1 spiro atoms. The van der Waals surface area contributed by atoms with Gasteiger partial charge >= 0.3 is 20.9 Å². The first-order valence-corrected chi connectivity index (χ1v) is 25.2. The summed E-state index contributed by atoms with van der Waals surface area (Å²) in [5.74, 6) is 1.25. The summed E-state index contributed by atoms with van der Waals surface area (Å²) in [6, 6.07) is 89.9. The lowest BCUT2D eigenvalue weighted by Crippen LogP contribution is -2.86. The Hall–Kier alpha value is -8.06. The molecule has 10 aromatic carbocycles. The molecule has 0 unspecified atom stereocenters. The number of fused-ring (bicyclic) bond motifs is 8. The van der Waals surface area contributed by atoms with Crippen LogP contribution in [0.3, 0.4) is 0 Å². The van der Waals surface area contributed by atoms with Crippen molar-refractivity contribution in [2.75, 3.05) is 14.2 Å². The molecule has 1 fully saturated rings. The SMILES string of the molecule is [2H]C([2H])([2H])c1ccc2c(c1-c1cc(N3B(c4ccccc4)N(c4ccccc4)B(c4ccccc4)N(c4ccccc4)B3c3ccccc3)ccc1C)Oc1ccccc1C21c2ccccc2Sc2ccccc21. The second-order valence-corrected chi connectivity index (χ2v) is 19.6. The molecular formula is C63H48B3N3OS. The molecule has 1 saturated heterocycles. The Morgan fingerprint density at radius 2 is 0.831 bits per heavy atom. The van der Waals surface area contributed by atoms with Crippen molar-refractivity contribution in [2.45, 2.75) is 29.0 Å². The van der Waals surface area contributed by atoms with E-state index < -0.39 is 26.2 Å². The van der Waals surface area contributed by atoms with Gasteiger partial charge in [-0.1, -0.05) is 212 Å². The number of para-hydroxylation sites is 3. The second kappa shape index (κ2) is 17.7. The average molecular weight is 931 g/mol. The molecule has 0 bridgehead atoms. The highest BCUT2D eigenvalue weighted by Gasteiger charge is 2.56. The number of hydrogen-bond donors (Lipinski definition) is 0. The molecule has 10 aromatic rings. The third-order valence-electron chi connectivity index (χ3n) is 14.6. The molecule has 4 nitrogen and oxygen atoms in total. The maximum Gasteiger partial charge on any atom is 0.388 e. The van der Waals surface area contributed by atoms with Crippen LogP contribution in [0.1, 0.15) is 37.5 Å². The summed E-state index contributed by atoms with van der Waals surface area (Å²) < 4.78 is 42.9. The first-order chi connectivity index (χ1) is 36.3. The van der Waals surface area contributed by atoms with Gasteiger partial charge in [0.05, 0.1) is 5.41 Å². The molecule has 0 radical (unpaired) electrons. The van der Waals surface area contributed by atoms with Crippen molar-refractivity contribution in [3.63, 3.8) is 0 Å². The Labute approximate surface area is 426 Å². The Balaban J connectivity index is 1.12. The number of aryl methyl sites for hydroxylation is 2. The molecule has 0 aromatic heterocycles. The van der Waals surface area contributed by atoms with Crippen LogP contribution in [0.15, 0.2) is 265 Å². The van der Waals surface area contributed by atoms with Crippen LogP contribution < -0.4 is 35.3 Å². The molecule has 71 heavy (non-hydrogen) atoms. The van der Waals surface area contributed by atoms with Gasteiger partial charge in [-0.3, -0.25) is 0 Å². The predicted octanol–water partition coefficient (Wildman–Crippen LogP) is 12.9. The Morgan fingerprint density at radius 1 is 0.408 bits per heavy atom. The molecule has 0 N–H and O–H groups in total. The maximum atomic E-state index is 9.30. The zero-order valence-corrected chi connectivity index (χ0v) is 40.0. The van der Waals surface area contributed by atoms with E-state index in [1.807, 2.05) is 24.3 Å². The third kappa shape index (κ3) is 6.95. The first-order valence-electron chi connectivity index (χ1n) is 25.8. The molecule has 336 valence electrons. The second-order valence-electron chi connectivity index (χ2n) is 18.6. The molecule has 8 heteroatoms. The molecule has 0 atom stereocenters. The van der Waals surface area contributed by atoms with E-state index >= 15 is 0 Å². The number of ether oxygens (including phenoxy) is 1. The van der Waals surface area contributed by atoms with Gasteiger partial charge in [-0.15, -0.1) is 0 Å². The van der Waals surface area contributed by atoms with Crippen LogP contribution in [0.2, 0.25) is 0 Å². The Morgan fingerprint density at radius 3 is 1.34 bits per heavy atom. The van der Waals surface area contributed by atoms with Gasteiger partial charge in [0.15, 0.2) is 0 Å². The number of anilines is 3. The van der Waals surface area contributed by atoms with E-state index in [1.165, 1.54) is 0 Å². The molecule has 13 rings (SSSR count). The highest BCUT2D eigenvalue weighted by Crippen LogP contribution is 2.63. The van der Waals surface area contributed by atoms with E-state index in [4.69, 9.17) is 4.74 Å². The van der Waals surface area contributed by atoms with Crippen LogP contribution >= 0.6 is 11.8 Å². The number of benzene rings is 10. The molecule has 0 aliphatic carbocycles. The fourth-order valence-corrected chi connectivity index (χ4v) is 12.9. The number of nitrogens with zero attached hydrogens (tertiary/aromatic N) is 3. The van der Waals surface area contributed by atoms with Crippen LogP contribution in [0.25, 0.3) is 11.1 Å². The summed E-state index contributed by atoms with van der Waals surface area (Å²) in [4.78, 5) is 2.30. The van der Waals surface area contributed by atoms with E-state index in [2.05, 4.69) is 252 Å². The van der Waals surface area contributed by atoms with Crippen molar-refractivity contribution >= 4 is 66.2 Å². The smallest absolute Gasteiger partial charge is 0.388 e. The predicted molar refractivity (Wildman–Crippen MR) is 300 cm³/mol. The number of rotatable bonds is 7. The van der Waals surface area contributed by atoms with E-state index in [0.717, 1.165) is 76.6 Å². The Kier molecular flexibility index (Phi) is 9.92. The monoisotopic (exact) mass is 930 g/mol. The molecule has 3 aliphatic heterocycles. The van der Waals surface area contributed by atoms with Crippen molar-refractivity contribution in [3.8, 4) is 22.6 Å². The Bertz CT molecular complexity index is 3530. The maximum absolute atomic E-state index is 9.30. The summed E-state index contributed by atoms with van der Waals surface area (Å²) in [5, 5.41) is 0. The van der Waals surface area contributed by atoms with E-state index in [-0.39, 0.29) is 12.5 Å². The highest BCUT2D eigenvalue weighted by atomic mass is 32.2. The van der Waals surface area contributed by atoms with Crippen LogP contribution in [0.4, 0.5) is 17.1 Å². The van der Waals surface area contributed by atoms with Crippen LogP contribution in [0, 0.1) is 13.8 Å². The zero-order valence-electron chi connectivity index (χ0n) is 42.1. The summed E-state index contributed by atoms with van der Waals surface area (Å²) in [6.45, 7) is -1.50. The standard InChI is InChI=1S/C63H48B3N3OS/c1-45-40-42-52(44-53(45)61-46(2)41-43-57-62(61)70-58-37-21-18-34-54(58)63(57)55-35-19-22-38-59(55)71-60-39-23-20-36-56(60)63)69-65(48-26-10-4-11-27-48)67(50-30-14-6-15-31-50)64(47-24-8-3-9-25-47)68(51-32-16-7-17-33-51)66(69)49-28-12-5-13-29-49/h3-44H,1-2H3/i2D3. The largest absolute Gasteiger partial charge is 0.456 e. The van der Waals surface area contributed by atoms with Gasteiger partial charge in [0.1, 0.15) is 11.5 Å². The molecule has 0 saturated carbocycles. The van der Waals surface area contributed by atoms with Gasteiger partial charge in [0.25, 0.3) is 0 Å². The minimum atomic E-state index is -2.50. The van der Waals surface area contributed by atoms with Gasteiger partial charge in [-0.05, 0) is 113 Å². The van der Waals surface area contributed by atoms with Crippen LogP contribution in [0.5, 0.6) is 11.5 Å². The van der Waals surface area contributed by atoms with Crippen molar-refractivity contribution < 1.29 is 8.85 Å². The van der Waals surface area contributed by atoms with Crippen molar-refractivity contribution in [1.29, 1.82) is 0 Å². The quantitative estimate of drug-likeness (QED) is 0.148. The van der Waals surface area contributed by atoms with Crippen LogP contribution in [-0.2, 0) is 5.41 Å². The van der Waals surface area contributed by atoms with Gasteiger partial charge in [0.2, 0.25) is 0 Å². The molecule has 3 aliphatic rings. The lowest BCUT2D eigenvalue weighted by molar-refractivity contribution is 0.432. The van der Waals surface area contributed by atoms with Crippen LogP contribution in [-0.4, -0.2) is 20.9 Å². The van der Waals surface area contributed by atoms with Crippen molar-refractivity contribution in [2.24, 2.45) is 0 Å². The van der Waals surface area contributed by atoms with E-state index in [9.17, 15) is 4.11 Å². The van der Waals surface area contributed by atoms with Gasteiger partial charge in [-0.25, -0.2) is 0 Å². The summed E-state index contributed by atoms with van der Waals surface area (Å²) in [6.07, 6.45) is 0. The fourth-order valence-electron chi connectivity index (χ4n) is 11.7. The fraction of sp³-hybridized carbons (Fsp3) is 0.0476. The van der Waals surface area contributed by atoms with Crippen molar-refractivity contribution in [3.05, 3.63) is 288 Å². The average Bonchev–Trinajstić information content (AvgIpc) is 3.48. The van der Waals surface area contributed by atoms with Gasteiger partial charge < -0.3 is 18.9 Å². The topological polar surface area (TPSA) is 19.0 Å². The van der Waals surface area contributed by atoms with Crippen molar-refractivity contribution in [1.82, 2.24) is 0 Å². The highest BCUT2D eigenvalue weighted by molar-refractivity contribution is 7.99. The van der Waals surface area contributed by atoms with E-state index in [0.29, 0.717) is 17.1 Å². The first kappa shape index (κ1) is 39.8. The third-order valence-corrected chi connectivity index (χ3v) is 15.8. The van der Waals surface area contributed by atoms with Gasteiger partial charge in [-0.2, -0.15) is 0 Å². The molecule has 0 amide bonds. The molecular weight excluding hydrogens is 879 g/mol. The lowest BCUT2D eigenvalue weighted by Gasteiger charge is -2.57. The minimum Gasteiger partial charge on any atom is -0.456 e. The summed E-state index contributed by atoms with van der Waals surface area (Å²) >= 11 is 1.78. The minimum absolute atomic E-state index is 0.233. The normalized spacial score (nSPS) is 15.1. The zero-order chi connectivity index (χ0) is 50.0. The summed E-state index contributed by atoms with van der Waals surface area (Å²) in [7, 11) is 0. The molecule has 3 heterocycles.